The monoisotopic (exact) mass is 386 g/mol. The molecule has 1 aliphatic heterocycles. The van der Waals surface area contributed by atoms with Gasteiger partial charge in [0, 0.05) is 51.4 Å². The summed E-state index contributed by atoms with van der Waals surface area (Å²) in [4.78, 5) is 12.2. The predicted octanol–water partition coefficient (Wildman–Crippen LogP) is 0.622. The van der Waals surface area contributed by atoms with Crippen molar-refractivity contribution in [3.63, 3.8) is 0 Å². The van der Waals surface area contributed by atoms with Gasteiger partial charge in [-0.2, -0.15) is 0 Å². The molecule has 0 aromatic heterocycles. The van der Waals surface area contributed by atoms with Gasteiger partial charge in [0.15, 0.2) is 0 Å². The average molecular weight is 387 g/mol. The number of nitrogens with one attached hydrogen (secondary N) is 2. The number of sulfonamides is 1. The zero-order chi connectivity index (χ0) is 15.3. The quantitative estimate of drug-likeness (QED) is 0.548. The fourth-order valence-electron chi connectivity index (χ4n) is 2.10. The molecule has 2 rings (SSSR count). The predicted molar refractivity (Wildman–Crippen MR) is 92.1 cm³/mol. The van der Waals surface area contributed by atoms with Gasteiger partial charge in [0.25, 0.3) is 5.69 Å². The van der Waals surface area contributed by atoms with Crippen LogP contribution < -0.4 is 10.0 Å². The van der Waals surface area contributed by atoms with Crippen molar-refractivity contribution in [2.24, 2.45) is 0 Å². The van der Waals surface area contributed by atoms with E-state index < -0.39 is 14.9 Å². The molecule has 0 radical (unpaired) electrons. The summed E-state index contributed by atoms with van der Waals surface area (Å²) in [6.07, 6.45) is 0. The highest BCUT2D eigenvalue weighted by molar-refractivity contribution is 7.89. The Kier molecular flexibility index (Phi) is 9.59. The molecule has 0 aliphatic carbocycles. The maximum atomic E-state index is 12.0. The largest absolute Gasteiger partial charge is 0.314 e. The molecule has 0 unspecified atom stereocenters. The minimum absolute atomic E-state index is 0. The first kappa shape index (κ1) is 22.0. The summed E-state index contributed by atoms with van der Waals surface area (Å²) in [5.41, 5.74) is -0.130. The van der Waals surface area contributed by atoms with Crippen LogP contribution in [0.2, 0.25) is 0 Å². The minimum Gasteiger partial charge on any atom is -0.314 e. The number of rotatable bonds is 6. The van der Waals surface area contributed by atoms with Crippen LogP contribution in [0.4, 0.5) is 5.69 Å². The highest BCUT2D eigenvalue weighted by Gasteiger charge is 2.16. The van der Waals surface area contributed by atoms with Gasteiger partial charge in [0.05, 0.1) is 9.82 Å². The van der Waals surface area contributed by atoms with E-state index in [4.69, 9.17) is 0 Å². The van der Waals surface area contributed by atoms with Crippen molar-refractivity contribution in [2.75, 3.05) is 39.3 Å². The standard InChI is InChI=1S/C12H18N4O4S.2ClH/c17-16(18)11-1-3-12(4-2-11)21(19,20)14-7-10-15-8-5-13-6-9-15;;/h1-4,13-14H,5-10H2;2*1H. The van der Waals surface area contributed by atoms with Gasteiger partial charge in [-0.25, -0.2) is 13.1 Å². The summed E-state index contributed by atoms with van der Waals surface area (Å²) < 4.78 is 26.6. The second kappa shape index (κ2) is 10.0. The summed E-state index contributed by atoms with van der Waals surface area (Å²) >= 11 is 0. The van der Waals surface area contributed by atoms with Gasteiger partial charge in [-0.3, -0.25) is 15.0 Å². The lowest BCUT2D eigenvalue weighted by atomic mass is 10.3. The number of nitro benzene ring substituents is 1. The van der Waals surface area contributed by atoms with E-state index in [1.54, 1.807) is 0 Å². The Bertz CT molecular complexity index is 592. The second-order valence-corrected chi connectivity index (χ2v) is 6.51. The SMILES string of the molecule is Cl.Cl.O=[N+]([O-])c1ccc(S(=O)(=O)NCCN2CCNCC2)cc1. The molecule has 2 N–H and O–H groups in total. The van der Waals surface area contributed by atoms with Crippen LogP contribution in [0, 0.1) is 10.1 Å². The number of halogens is 2. The number of nitro groups is 1. The van der Waals surface area contributed by atoms with E-state index in [0.29, 0.717) is 13.1 Å². The molecule has 0 bridgehead atoms. The van der Waals surface area contributed by atoms with Gasteiger partial charge in [0.1, 0.15) is 0 Å². The smallest absolute Gasteiger partial charge is 0.269 e. The van der Waals surface area contributed by atoms with Gasteiger partial charge in [-0.15, -0.1) is 24.8 Å². The Balaban J connectivity index is 0.00000242. The van der Waals surface area contributed by atoms with Crippen LogP contribution in [0.1, 0.15) is 0 Å². The Hall–Kier alpha value is -0.970. The highest BCUT2D eigenvalue weighted by atomic mass is 35.5. The number of piperazine rings is 1. The summed E-state index contributed by atoms with van der Waals surface area (Å²) in [5, 5.41) is 13.8. The van der Waals surface area contributed by atoms with Gasteiger partial charge in [-0.1, -0.05) is 0 Å². The lowest BCUT2D eigenvalue weighted by molar-refractivity contribution is -0.384. The molecular weight excluding hydrogens is 367 g/mol. The first-order valence-electron chi connectivity index (χ1n) is 6.66. The molecule has 0 saturated carbocycles. The number of hydrogen-bond acceptors (Lipinski definition) is 6. The number of nitrogens with zero attached hydrogens (tertiary/aromatic N) is 2. The fourth-order valence-corrected chi connectivity index (χ4v) is 3.12. The molecule has 23 heavy (non-hydrogen) atoms. The summed E-state index contributed by atoms with van der Waals surface area (Å²) in [5.74, 6) is 0. The second-order valence-electron chi connectivity index (χ2n) is 4.74. The van der Waals surface area contributed by atoms with Crippen molar-refractivity contribution < 1.29 is 13.3 Å². The lowest BCUT2D eigenvalue weighted by Gasteiger charge is -2.27. The number of hydrogen-bond donors (Lipinski definition) is 2. The molecular formula is C12H20Cl2N4O4S. The van der Waals surface area contributed by atoms with E-state index in [9.17, 15) is 18.5 Å². The van der Waals surface area contributed by atoms with E-state index in [2.05, 4.69) is 14.9 Å². The van der Waals surface area contributed by atoms with Gasteiger partial charge >= 0.3 is 0 Å². The van der Waals surface area contributed by atoms with E-state index in [1.165, 1.54) is 24.3 Å². The van der Waals surface area contributed by atoms with Crippen LogP contribution in [0.15, 0.2) is 29.2 Å². The Morgan fingerprint density at radius 3 is 2.26 bits per heavy atom. The summed E-state index contributed by atoms with van der Waals surface area (Å²) in [6, 6.07) is 4.85. The zero-order valence-corrected chi connectivity index (χ0v) is 14.8. The normalized spacial score (nSPS) is 15.3. The first-order chi connectivity index (χ1) is 9.99. The van der Waals surface area contributed by atoms with Crippen molar-refractivity contribution >= 4 is 40.5 Å². The van der Waals surface area contributed by atoms with Crippen molar-refractivity contribution in [1.29, 1.82) is 0 Å². The lowest BCUT2D eigenvalue weighted by Crippen LogP contribution is -2.46. The van der Waals surface area contributed by atoms with E-state index in [-0.39, 0.29) is 35.4 Å². The van der Waals surface area contributed by atoms with E-state index >= 15 is 0 Å². The minimum atomic E-state index is -3.62. The topological polar surface area (TPSA) is 105 Å². The van der Waals surface area contributed by atoms with E-state index in [1.807, 2.05) is 0 Å². The molecule has 1 fully saturated rings. The molecule has 0 spiro atoms. The maximum absolute atomic E-state index is 12.0. The molecule has 0 atom stereocenters. The first-order valence-corrected chi connectivity index (χ1v) is 8.14. The van der Waals surface area contributed by atoms with E-state index in [0.717, 1.165) is 26.2 Å². The zero-order valence-electron chi connectivity index (χ0n) is 12.3. The Morgan fingerprint density at radius 1 is 1.17 bits per heavy atom. The van der Waals surface area contributed by atoms with Gasteiger partial charge < -0.3 is 5.32 Å². The van der Waals surface area contributed by atoms with Crippen LogP contribution in [0.3, 0.4) is 0 Å². The van der Waals surface area contributed by atoms with Crippen LogP contribution in [0.5, 0.6) is 0 Å². The average Bonchev–Trinajstić information content (AvgIpc) is 2.48. The number of benzene rings is 1. The Morgan fingerprint density at radius 2 is 1.74 bits per heavy atom. The summed E-state index contributed by atoms with van der Waals surface area (Å²) in [7, 11) is -3.62. The van der Waals surface area contributed by atoms with Crippen LogP contribution in [-0.2, 0) is 10.0 Å². The van der Waals surface area contributed by atoms with Crippen LogP contribution in [0.25, 0.3) is 0 Å². The van der Waals surface area contributed by atoms with Crippen molar-refractivity contribution in [2.45, 2.75) is 4.90 Å². The third-order valence-corrected chi connectivity index (χ3v) is 4.76. The van der Waals surface area contributed by atoms with Crippen molar-refractivity contribution in [1.82, 2.24) is 14.9 Å². The molecule has 1 aromatic rings. The molecule has 1 saturated heterocycles. The van der Waals surface area contributed by atoms with Gasteiger partial charge in [0.2, 0.25) is 10.0 Å². The molecule has 1 heterocycles. The molecule has 1 aromatic carbocycles. The number of non-ortho nitro benzene ring substituents is 1. The van der Waals surface area contributed by atoms with Crippen molar-refractivity contribution in [3.05, 3.63) is 34.4 Å². The van der Waals surface area contributed by atoms with Gasteiger partial charge in [-0.05, 0) is 12.1 Å². The van der Waals surface area contributed by atoms with Crippen LogP contribution in [-0.4, -0.2) is 57.5 Å². The van der Waals surface area contributed by atoms with Crippen molar-refractivity contribution in [3.8, 4) is 0 Å². The molecule has 8 nitrogen and oxygen atoms in total. The highest BCUT2D eigenvalue weighted by Crippen LogP contribution is 2.15. The Labute approximate surface area is 147 Å². The molecule has 11 heteroatoms. The maximum Gasteiger partial charge on any atom is 0.269 e. The molecule has 0 amide bonds. The third kappa shape index (κ3) is 6.58. The molecule has 132 valence electrons. The fraction of sp³-hybridized carbons (Fsp3) is 0.500. The third-order valence-electron chi connectivity index (χ3n) is 3.29. The summed E-state index contributed by atoms with van der Waals surface area (Å²) in [6.45, 7) is 4.59. The van der Waals surface area contributed by atoms with Crippen LogP contribution >= 0.6 is 24.8 Å². The molecule has 1 aliphatic rings.